The first-order valence-electron chi connectivity index (χ1n) is 5.27. The molecule has 0 radical (unpaired) electrons. The van der Waals surface area contributed by atoms with Crippen LogP contribution in [0, 0.1) is 12.7 Å². The second kappa shape index (κ2) is 4.48. The number of benzene rings is 1. The van der Waals surface area contributed by atoms with Gasteiger partial charge in [0.25, 0.3) is 5.56 Å². The van der Waals surface area contributed by atoms with Gasteiger partial charge in [-0.1, -0.05) is 0 Å². The summed E-state index contributed by atoms with van der Waals surface area (Å²) in [7, 11) is 0. The number of nitrogens with one attached hydrogen (secondary N) is 1. The molecule has 0 saturated heterocycles. The Hall–Kier alpha value is -2.37. The average molecular weight is 250 g/mol. The standard InChI is InChI=1S/C12H11FN2O3/c1-7-10(6-11(16)17)12(18)14-15(7)9-4-2-8(13)3-5-9/h2-5H,6H2,1H3,(H,14,18)(H,16,17). The van der Waals surface area contributed by atoms with E-state index in [-0.39, 0.29) is 17.8 Å². The topological polar surface area (TPSA) is 75.1 Å². The normalized spacial score (nSPS) is 10.6. The second-order valence-electron chi connectivity index (χ2n) is 3.89. The van der Waals surface area contributed by atoms with Crippen molar-refractivity contribution in [2.75, 3.05) is 0 Å². The monoisotopic (exact) mass is 250 g/mol. The molecule has 0 atom stereocenters. The predicted molar refractivity (Wildman–Crippen MR) is 62.4 cm³/mol. The SMILES string of the molecule is Cc1c(CC(=O)O)c(=O)[nH]n1-c1ccc(F)cc1. The number of rotatable bonds is 3. The molecule has 0 saturated carbocycles. The van der Waals surface area contributed by atoms with Gasteiger partial charge >= 0.3 is 5.97 Å². The molecule has 18 heavy (non-hydrogen) atoms. The van der Waals surface area contributed by atoms with Crippen LogP contribution in [0.5, 0.6) is 0 Å². The summed E-state index contributed by atoms with van der Waals surface area (Å²) in [6.45, 7) is 1.64. The fourth-order valence-corrected chi connectivity index (χ4v) is 1.76. The summed E-state index contributed by atoms with van der Waals surface area (Å²) in [6, 6.07) is 5.54. The molecule has 1 aromatic heterocycles. The smallest absolute Gasteiger partial charge is 0.308 e. The van der Waals surface area contributed by atoms with Gasteiger partial charge in [0.2, 0.25) is 0 Å². The average Bonchev–Trinajstić information content (AvgIpc) is 2.58. The van der Waals surface area contributed by atoms with E-state index in [0.29, 0.717) is 11.4 Å². The maximum atomic E-state index is 12.8. The van der Waals surface area contributed by atoms with Gasteiger partial charge in [0, 0.05) is 5.69 Å². The summed E-state index contributed by atoms with van der Waals surface area (Å²) >= 11 is 0. The second-order valence-corrected chi connectivity index (χ2v) is 3.89. The number of hydrogen-bond donors (Lipinski definition) is 2. The maximum absolute atomic E-state index is 12.8. The third kappa shape index (κ3) is 2.17. The van der Waals surface area contributed by atoms with Crippen molar-refractivity contribution < 1.29 is 14.3 Å². The summed E-state index contributed by atoms with van der Waals surface area (Å²) in [5, 5.41) is 11.2. The number of aromatic amines is 1. The van der Waals surface area contributed by atoms with Gasteiger partial charge in [-0.05, 0) is 31.2 Å². The van der Waals surface area contributed by atoms with Crippen molar-refractivity contribution >= 4 is 5.97 Å². The summed E-state index contributed by atoms with van der Waals surface area (Å²) in [5.74, 6) is -1.45. The van der Waals surface area contributed by atoms with Crippen LogP contribution < -0.4 is 5.56 Å². The molecule has 5 nitrogen and oxygen atoms in total. The molecule has 0 bridgehead atoms. The van der Waals surface area contributed by atoms with E-state index in [9.17, 15) is 14.0 Å². The molecule has 0 spiro atoms. The van der Waals surface area contributed by atoms with Crippen LogP contribution in [0.25, 0.3) is 5.69 Å². The molecule has 1 aromatic carbocycles. The number of carboxylic acid groups (broad SMARTS) is 1. The van der Waals surface area contributed by atoms with Crippen LogP contribution in [-0.2, 0) is 11.2 Å². The Labute approximate surface area is 101 Å². The number of H-pyrrole nitrogens is 1. The molecule has 1 heterocycles. The van der Waals surface area contributed by atoms with E-state index in [4.69, 9.17) is 5.11 Å². The Kier molecular flexibility index (Phi) is 3.01. The largest absolute Gasteiger partial charge is 0.481 e. The summed E-state index contributed by atoms with van der Waals surface area (Å²) in [4.78, 5) is 22.3. The van der Waals surface area contributed by atoms with Crippen molar-refractivity contribution in [3.05, 3.63) is 51.7 Å². The van der Waals surface area contributed by atoms with Crippen molar-refractivity contribution in [1.82, 2.24) is 9.78 Å². The summed E-state index contributed by atoms with van der Waals surface area (Å²) < 4.78 is 14.2. The van der Waals surface area contributed by atoms with E-state index in [0.717, 1.165) is 0 Å². The first kappa shape index (κ1) is 12.1. The molecular weight excluding hydrogens is 239 g/mol. The lowest BCUT2D eigenvalue weighted by Crippen LogP contribution is -2.11. The van der Waals surface area contributed by atoms with E-state index >= 15 is 0 Å². The molecule has 0 aliphatic rings. The number of hydrogen-bond acceptors (Lipinski definition) is 2. The molecule has 0 amide bonds. The number of aliphatic carboxylic acids is 1. The van der Waals surface area contributed by atoms with Gasteiger partial charge in [-0.25, -0.2) is 4.39 Å². The van der Waals surface area contributed by atoms with Gasteiger partial charge in [-0.2, -0.15) is 0 Å². The lowest BCUT2D eigenvalue weighted by Gasteiger charge is -2.05. The lowest BCUT2D eigenvalue weighted by atomic mass is 10.2. The van der Waals surface area contributed by atoms with Crippen LogP contribution in [0.4, 0.5) is 4.39 Å². The van der Waals surface area contributed by atoms with Crippen LogP contribution in [0.3, 0.4) is 0 Å². The highest BCUT2D eigenvalue weighted by atomic mass is 19.1. The highest BCUT2D eigenvalue weighted by Crippen LogP contribution is 2.12. The quantitative estimate of drug-likeness (QED) is 0.860. The van der Waals surface area contributed by atoms with Gasteiger partial charge in [0.15, 0.2) is 0 Å². The number of carboxylic acids is 1. The fraction of sp³-hybridized carbons (Fsp3) is 0.167. The molecule has 0 unspecified atom stereocenters. The summed E-state index contributed by atoms with van der Waals surface area (Å²) in [6.07, 6.45) is -0.338. The lowest BCUT2D eigenvalue weighted by molar-refractivity contribution is -0.136. The predicted octanol–water partition coefficient (Wildman–Crippen LogP) is 1.24. The minimum Gasteiger partial charge on any atom is -0.481 e. The number of carbonyl (C=O) groups is 1. The van der Waals surface area contributed by atoms with E-state index in [1.54, 1.807) is 6.92 Å². The maximum Gasteiger partial charge on any atom is 0.308 e. The van der Waals surface area contributed by atoms with Crippen LogP contribution in [0.2, 0.25) is 0 Å². The number of nitrogens with zero attached hydrogens (tertiary/aromatic N) is 1. The molecule has 2 N–H and O–H groups in total. The minimum atomic E-state index is -1.07. The van der Waals surface area contributed by atoms with Crippen LogP contribution in [0.15, 0.2) is 29.1 Å². The highest BCUT2D eigenvalue weighted by Gasteiger charge is 2.14. The zero-order valence-corrected chi connectivity index (χ0v) is 9.61. The third-order valence-electron chi connectivity index (χ3n) is 2.67. The summed E-state index contributed by atoms with van der Waals surface area (Å²) in [5.41, 5.74) is 0.836. The Morgan fingerprint density at radius 3 is 2.56 bits per heavy atom. The zero-order valence-electron chi connectivity index (χ0n) is 9.61. The van der Waals surface area contributed by atoms with Gasteiger partial charge in [-0.15, -0.1) is 0 Å². The van der Waals surface area contributed by atoms with Crippen molar-refractivity contribution in [1.29, 1.82) is 0 Å². The van der Waals surface area contributed by atoms with Crippen LogP contribution >= 0.6 is 0 Å². The van der Waals surface area contributed by atoms with Gasteiger partial charge in [0.05, 0.1) is 17.7 Å². The van der Waals surface area contributed by atoms with E-state index in [2.05, 4.69) is 5.10 Å². The number of halogens is 1. The molecule has 0 aliphatic carbocycles. The third-order valence-corrected chi connectivity index (χ3v) is 2.67. The minimum absolute atomic E-state index is 0.201. The van der Waals surface area contributed by atoms with Crippen LogP contribution in [0.1, 0.15) is 11.3 Å². The van der Waals surface area contributed by atoms with Crippen molar-refractivity contribution in [2.45, 2.75) is 13.3 Å². The molecular formula is C12H11FN2O3. The van der Waals surface area contributed by atoms with E-state index < -0.39 is 11.5 Å². The van der Waals surface area contributed by atoms with E-state index in [1.165, 1.54) is 28.9 Å². The Bertz CT molecular complexity index is 640. The van der Waals surface area contributed by atoms with Crippen LogP contribution in [-0.4, -0.2) is 20.9 Å². The molecule has 2 aromatic rings. The number of aromatic nitrogens is 2. The molecule has 6 heteroatoms. The molecule has 0 aliphatic heterocycles. The Morgan fingerprint density at radius 2 is 2.00 bits per heavy atom. The molecule has 0 fully saturated rings. The molecule has 94 valence electrons. The highest BCUT2D eigenvalue weighted by molar-refractivity contribution is 5.70. The Balaban J connectivity index is 2.50. The fourth-order valence-electron chi connectivity index (χ4n) is 1.76. The first-order chi connectivity index (χ1) is 8.49. The van der Waals surface area contributed by atoms with Gasteiger partial charge < -0.3 is 5.11 Å². The Morgan fingerprint density at radius 1 is 1.39 bits per heavy atom. The van der Waals surface area contributed by atoms with Gasteiger partial charge in [0.1, 0.15) is 5.82 Å². The van der Waals surface area contributed by atoms with Crippen molar-refractivity contribution in [3.8, 4) is 5.69 Å². The molecule has 2 rings (SSSR count). The van der Waals surface area contributed by atoms with E-state index in [1.807, 2.05) is 0 Å². The first-order valence-corrected chi connectivity index (χ1v) is 5.27. The zero-order chi connectivity index (χ0) is 13.3. The van der Waals surface area contributed by atoms with Crippen molar-refractivity contribution in [3.63, 3.8) is 0 Å². The van der Waals surface area contributed by atoms with Gasteiger partial charge in [-0.3, -0.25) is 19.4 Å². The van der Waals surface area contributed by atoms with Crippen molar-refractivity contribution in [2.24, 2.45) is 0 Å².